The van der Waals surface area contributed by atoms with Crippen molar-refractivity contribution in [1.82, 2.24) is 35.4 Å². The summed E-state index contributed by atoms with van der Waals surface area (Å²) in [6.45, 7) is 0.173. The summed E-state index contributed by atoms with van der Waals surface area (Å²) in [4.78, 5) is 49.1. The van der Waals surface area contributed by atoms with Gasteiger partial charge in [-0.3, -0.25) is 14.5 Å². The number of carboxylic acids is 1. The van der Waals surface area contributed by atoms with Gasteiger partial charge in [0.1, 0.15) is 35.5 Å². The number of nitrogens with two attached hydrogens (primary N) is 1. The largest absolute Gasteiger partial charge is 0.477 e. The number of carboxylic acid groups (broad SMARTS) is 1. The van der Waals surface area contributed by atoms with Crippen LogP contribution >= 0.6 is 59.0 Å². The Balaban J connectivity index is 0.00000353. The number of β-lactam (4-membered cyclic amide) rings is 1. The lowest BCUT2D eigenvalue weighted by Gasteiger charge is -2.49. The zero-order valence-corrected chi connectivity index (χ0v) is 23.8. The number of nitrogens with one attached hydrogen (secondary N) is 1. The molecule has 14 nitrogen and oxygen atoms in total. The smallest absolute Gasteiger partial charge is 0.352 e. The molecule has 0 bridgehead atoms. The van der Waals surface area contributed by atoms with Gasteiger partial charge in [-0.2, -0.15) is 11.8 Å². The fourth-order valence-corrected chi connectivity index (χ4v) is 7.10. The van der Waals surface area contributed by atoms with Gasteiger partial charge in [0, 0.05) is 28.4 Å². The highest BCUT2D eigenvalue weighted by atomic mass is 35.5. The highest BCUT2D eigenvalue weighted by molar-refractivity contribution is 8.01. The summed E-state index contributed by atoms with van der Waals surface area (Å²) in [5, 5.41) is 29.6. The van der Waals surface area contributed by atoms with E-state index in [0.29, 0.717) is 16.5 Å². The number of amides is 2. The molecular formula is C20H20ClN9O5S4. The molecule has 3 aliphatic rings. The summed E-state index contributed by atoms with van der Waals surface area (Å²) >= 11 is 5.41. The van der Waals surface area contributed by atoms with Crippen LogP contribution < -0.4 is 11.1 Å². The van der Waals surface area contributed by atoms with Crippen LogP contribution in [0.5, 0.6) is 0 Å². The highest BCUT2D eigenvalue weighted by Gasteiger charge is 2.54. The highest BCUT2D eigenvalue weighted by Crippen LogP contribution is 2.41. The summed E-state index contributed by atoms with van der Waals surface area (Å²) in [5.41, 5.74) is 6.27. The fraction of sp³-hybridized carbons (Fsp3) is 0.400. The molecule has 4 N–H and O–H groups in total. The van der Waals surface area contributed by atoms with E-state index in [1.165, 1.54) is 33.1 Å². The van der Waals surface area contributed by atoms with Crippen molar-refractivity contribution in [1.29, 1.82) is 0 Å². The summed E-state index contributed by atoms with van der Waals surface area (Å²) in [5.74, 6) is 2.10. The van der Waals surface area contributed by atoms with Gasteiger partial charge in [-0.25, -0.2) is 14.5 Å². The van der Waals surface area contributed by atoms with Crippen molar-refractivity contribution in [3.05, 3.63) is 22.3 Å². The number of hydrogen-bond acceptors (Lipinski definition) is 14. The molecule has 5 rings (SSSR count). The molecule has 3 aliphatic heterocycles. The van der Waals surface area contributed by atoms with Crippen LogP contribution in [0.1, 0.15) is 5.69 Å². The third-order valence-electron chi connectivity index (χ3n) is 5.53. The van der Waals surface area contributed by atoms with E-state index >= 15 is 0 Å². The molecule has 2 saturated heterocycles. The maximum atomic E-state index is 13.1. The van der Waals surface area contributed by atoms with E-state index in [9.17, 15) is 19.5 Å². The van der Waals surface area contributed by atoms with Crippen LogP contribution in [0.15, 0.2) is 27.0 Å². The van der Waals surface area contributed by atoms with Crippen LogP contribution in [0.3, 0.4) is 0 Å². The second kappa shape index (κ2) is 12.5. The minimum atomic E-state index is -1.24. The summed E-state index contributed by atoms with van der Waals surface area (Å²) in [6.07, 6.45) is 5.21. The number of hydrogen-bond donors (Lipinski definition) is 3. The second-order valence-electron chi connectivity index (χ2n) is 8.01. The molecule has 0 aliphatic carbocycles. The lowest BCUT2D eigenvalue weighted by atomic mass is 10.0. The second-order valence-corrected chi connectivity index (χ2v) is 12.0. The number of anilines is 1. The number of tetrazole rings is 1. The van der Waals surface area contributed by atoms with E-state index in [4.69, 9.17) is 17.0 Å². The first kappa shape index (κ1) is 29.0. The van der Waals surface area contributed by atoms with Gasteiger partial charge in [0.15, 0.2) is 10.8 Å². The van der Waals surface area contributed by atoms with Crippen molar-refractivity contribution >= 4 is 87.7 Å². The Bertz CT molecular complexity index is 1390. The van der Waals surface area contributed by atoms with E-state index in [0.717, 1.165) is 22.8 Å². The summed E-state index contributed by atoms with van der Waals surface area (Å²) in [6, 6.07) is -0.945. The van der Waals surface area contributed by atoms with Crippen molar-refractivity contribution in [2.45, 2.75) is 29.2 Å². The Hall–Kier alpha value is -2.98. The Morgan fingerprint density at radius 3 is 2.85 bits per heavy atom. The lowest BCUT2D eigenvalue weighted by molar-refractivity contribution is -0.150. The van der Waals surface area contributed by atoms with Crippen molar-refractivity contribution in [2.75, 3.05) is 28.7 Å². The Morgan fingerprint density at radius 1 is 1.41 bits per heavy atom. The first-order chi connectivity index (χ1) is 18.4. The molecule has 2 aromatic rings. The molecular weight excluding hydrogens is 610 g/mol. The SMILES string of the molecule is C#CCn1nnnc1SCC1=C(C(=O)O)N2C(=O)C(NC(=O)/C(=N\OC3CSC3)c3csc(N)n3)[C@H]2SC1.Cl. The van der Waals surface area contributed by atoms with Crippen LogP contribution in [0.2, 0.25) is 0 Å². The van der Waals surface area contributed by atoms with Gasteiger partial charge in [-0.15, -0.1) is 47.0 Å². The monoisotopic (exact) mass is 629 g/mol. The number of aromatic nitrogens is 5. The van der Waals surface area contributed by atoms with Crippen molar-refractivity contribution < 1.29 is 24.3 Å². The molecule has 2 aromatic heterocycles. The number of fused-ring (bicyclic) bond motifs is 1. The van der Waals surface area contributed by atoms with Crippen LogP contribution in [0.4, 0.5) is 5.13 Å². The Kier molecular flexibility index (Phi) is 9.27. The van der Waals surface area contributed by atoms with Gasteiger partial charge in [-0.1, -0.05) is 22.8 Å². The van der Waals surface area contributed by atoms with Crippen LogP contribution in [0, 0.1) is 12.3 Å². The standard InChI is InChI=1S/C20H19N9O5S4.ClH/c1-2-3-28-20(24-26-27-28)38-5-9-4-36-17-13(16(31)29(17)14(9)18(32)33)23-15(30)12(11-8-37-19(21)22-11)25-34-10-6-35-7-10;/h1,8,10,13,17H,3-7H2,(H2,21,22)(H,23,30)(H,32,33);1H/b25-12-;/t13?,17-;/m1./s1. The molecule has 0 radical (unpaired) electrons. The number of carbonyl (C=O) groups is 3. The zero-order chi connectivity index (χ0) is 26.8. The molecule has 19 heteroatoms. The van der Waals surface area contributed by atoms with Crippen LogP contribution in [0.25, 0.3) is 0 Å². The first-order valence-corrected chi connectivity index (χ1v) is 15.0. The average molecular weight is 630 g/mol. The molecule has 2 atom stereocenters. The van der Waals surface area contributed by atoms with Gasteiger partial charge in [0.05, 0.1) is 0 Å². The molecule has 5 heterocycles. The third kappa shape index (κ3) is 5.96. The maximum Gasteiger partial charge on any atom is 0.352 e. The number of carbonyl (C=O) groups excluding carboxylic acids is 2. The van der Waals surface area contributed by atoms with Crippen molar-refractivity contribution in [2.24, 2.45) is 5.16 Å². The molecule has 0 saturated carbocycles. The number of nitrogen functional groups attached to an aromatic ring is 1. The number of thiazole rings is 1. The number of aliphatic carboxylic acids is 1. The van der Waals surface area contributed by atoms with E-state index in [1.54, 1.807) is 17.1 Å². The third-order valence-corrected chi connectivity index (χ3v) is 9.80. The molecule has 2 fully saturated rings. The van der Waals surface area contributed by atoms with E-state index < -0.39 is 29.2 Å². The first-order valence-electron chi connectivity index (χ1n) is 10.9. The fourth-order valence-electron chi connectivity index (χ4n) is 3.64. The van der Waals surface area contributed by atoms with Crippen molar-refractivity contribution in [3.63, 3.8) is 0 Å². The molecule has 2 amide bonds. The Labute approximate surface area is 244 Å². The molecule has 1 unspecified atom stereocenters. The van der Waals surface area contributed by atoms with E-state index in [2.05, 4.69) is 36.9 Å². The van der Waals surface area contributed by atoms with Gasteiger partial charge >= 0.3 is 5.97 Å². The maximum absolute atomic E-state index is 13.1. The van der Waals surface area contributed by atoms with Crippen molar-refractivity contribution in [3.8, 4) is 12.3 Å². The average Bonchev–Trinajstić information content (AvgIpc) is 3.50. The number of thioether (sulfide) groups is 3. The molecule has 0 spiro atoms. The molecule has 0 aromatic carbocycles. The van der Waals surface area contributed by atoms with Gasteiger partial charge in [0.2, 0.25) is 5.16 Å². The number of nitrogens with zero attached hydrogens (tertiary/aromatic N) is 7. The summed E-state index contributed by atoms with van der Waals surface area (Å²) in [7, 11) is 0. The minimum absolute atomic E-state index is 0. The van der Waals surface area contributed by atoms with Gasteiger partial charge in [0.25, 0.3) is 11.8 Å². The Morgan fingerprint density at radius 2 is 2.21 bits per heavy atom. The minimum Gasteiger partial charge on any atom is -0.477 e. The number of halogens is 1. The van der Waals surface area contributed by atoms with Gasteiger partial charge < -0.3 is 21.0 Å². The molecule has 206 valence electrons. The zero-order valence-electron chi connectivity index (χ0n) is 19.8. The van der Waals surface area contributed by atoms with Gasteiger partial charge in [-0.05, 0) is 16.0 Å². The predicted octanol–water partition coefficient (Wildman–Crippen LogP) is 0.134. The lowest BCUT2D eigenvalue weighted by Crippen LogP contribution is -2.71. The quantitative estimate of drug-likeness (QED) is 0.106. The summed E-state index contributed by atoms with van der Waals surface area (Å²) < 4.78 is 1.42. The number of oxime groups is 1. The number of rotatable bonds is 10. The van der Waals surface area contributed by atoms with E-state index in [-0.39, 0.29) is 53.0 Å². The predicted molar refractivity (Wildman–Crippen MR) is 150 cm³/mol. The normalized spacial score (nSPS) is 20.7. The van der Waals surface area contributed by atoms with Crippen LogP contribution in [-0.4, -0.2) is 99.2 Å². The molecule has 39 heavy (non-hydrogen) atoms. The van der Waals surface area contributed by atoms with Crippen LogP contribution in [-0.2, 0) is 25.8 Å². The van der Waals surface area contributed by atoms with E-state index in [1.807, 2.05) is 0 Å². The number of terminal acetylenes is 1. The topological polar surface area (TPSA) is 191 Å².